The molecular weight excluding hydrogens is 767 g/mol. The summed E-state index contributed by atoms with van der Waals surface area (Å²) in [6, 6.07) is 12.4. The predicted molar refractivity (Wildman–Crippen MR) is 113 cm³/mol. The van der Waals surface area contributed by atoms with Crippen LogP contribution in [0.25, 0.3) is 0 Å². The molecule has 0 fully saturated rings. The molecule has 0 aliphatic rings. The Bertz CT molecular complexity index is 541. The third-order valence-corrected chi connectivity index (χ3v) is 5.00. The molecule has 0 saturated carbocycles. The topological polar surface area (TPSA) is 0 Å². The minimum absolute atomic E-state index is 0.237. The zero-order chi connectivity index (χ0) is 21.9. The van der Waals surface area contributed by atoms with Crippen molar-refractivity contribution in [3.63, 3.8) is 0 Å². The van der Waals surface area contributed by atoms with E-state index in [1.807, 2.05) is 0 Å². The van der Waals surface area contributed by atoms with Crippen LogP contribution in [0.2, 0.25) is 0 Å². The summed E-state index contributed by atoms with van der Waals surface area (Å²) in [7, 11) is 0. The van der Waals surface area contributed by atoms with E-state index in [-0.39, 0.29) is 18.6 Å². The first-order chi connectivity index (χ1) is 13.0. The molecule has 0 saturated heterocycles. The fraction of sp³-hybridized carbons (Fsp3) is 0.250. The van der Waals surface area contributed by atoms with Crippen LogP contribution in [-0.4, -0.2) is 22.0 Å². The van der Waals surface area contributed by atoms with Gasteiger partial charge in [-0.1, -0.05) is 112 Å². The number of halogens is 11. The van der Waals surface area contributed by atoms with E-state index >= 15 is 0 Å². The van der Waals surface area contributed by atoms with Crippen molar-refractivity contribution in [2.75, 3.05) is 0 Å². The van der Waals surface area contributed by atoms with Gasteiger partial charge in [0, 0.05) is 11.1 Å². The van der Waals surface area contributed by atoms with Crippen LogP contribution in [0.1, 0.15) is 42.6 Å². The van der Waals surface area contributed by atoms with E-state index in [0.29, 0.717) is 0 Å². The number of hydrogen-bond acceptors (Lipinski definition) is 0. The van der Waals surface area contributed by atoms with Gasteiger partial charge >= 0.3 is 30.4 Å². The summed E-state index contributed by atoms with van der Waals surface area (Å²) in [6.07, 6.45) is -5.20. The molecule has 0 unspecified atom stereocenters. The molecule has 0 bridgehead atoms. The summed E-state index contributed by atoms with van der Waals surface area (Å²) < 4.78 is 77.7. The van der Waals surface area contributed by atoms with Crippen LogP contribution in [0.4, 0.5) is 26.0 Å². The maximum atomic E-state index is 11.9. The molecule has 0 aromatic heterocycles. The Morgan fingerprint density at radius 2 is 0.679 bits per heavy atom. The summed E-state index contributed by atoms with van der Waals surface area (Å²) in [5, 5.41) is 0. The van der Waals surface area contributed by atoms with Gasteiger partial charge in [0.05, 0.1) is 7.47 Å². The van der Waals surface area contributed by atoms with Crippen LogP contribution >= 0.6 is 63.7 Å². The van der Waals surface area contributed by atoms with E-state index in [4.69, 9.17) is 0 Å². The Morgan fingerprint density at radius 3 is 0.821 bits per heavy atom. The third-order valence-electron chi connectivity index (χ3n) is 2.88. The van der Waals surface area contributed by atoms with Crippen molar-refractivity contribution < 1.29 is 26.0 Å². The normalized spacial score (nSPS) is 10.9. The van der Waals surface area contributed by atoms with Crippen molar-refractivity contribution in [3.8, 4) is 0 Å². The first-order valence-corrected chi connectivity index (χ1v) is 13.6. The van der Waals surface area contributed by atoms with Crippen molar-refractivity contribution in [3.05, 3.63) is 70.8 Å². The molecular formula is C16H12Br4F7Sb. The number of hydrogen-bond donors (Lipinski definition) is 0. The summed E-state index contributed by atoms with van der Waals surface area (Å²) in [6.45, 7) is 0. The maximum absolute atomic E-state index is 11.9. The first-order valence-electron chi connectivity index (χ1n) is 7.05. The number of benzene rings is 2. The molecule has 0 nitrogen and oxygen atoms in total. The molecule has 2 rings (SSSR count). The Kier molecular flexibility index (Phi) is 15.9. The fourth-order valence-electron chi connectivity index (χ4n) is 1.57. The van der Waals surface area contributed by atoms with Crippen molar-refractivity contribution in [1.29, 1.82) is 0 Å². The van der Waals surface area contributed by atoms with Gasteiger partial charge in [0.2, 0.25) is 0 Å². The summed E-state index contributed by atoms with van der Waals surface area (Å²) in [4.78, 5) is 0. The molecule has 0 amide bonds. The van der Waals surface area contributed by atoms with E-state index < -0.39 is 34.8 Å². The van der Waals surface area contributed by atoms with Gasteiger partial charge in [0.25, 0.3) is 12.9 Å². The van der Waals surface area contributed by atoms with Crippen LogP contribution in [-0.2, 0) is 0 Å². The van der Waals surface area contributed by atoms with Crippen molar-refractivity contribution in [2.24, 2.45) is 0 Å². The molecule has 12 heteroatoms. The fourth-order valence-corrected chi connectivity index (χ4v) is 2.79. The average molecular weight is 779 g/mol. The van der Waals surface area contributed by atoms with E-state index in [1.165, 1.54) is 11.1 Å². The molecule has 0 spiro atoms. The third kappa shape index (κ3) is 13.1. The zero-order valence-corrected chi connectivity index (χ0v) is 22.4. The molecule has 28 heavy (non-hydrogen) atoms. The predicted octanol–water partition coefficient (Wildman–Crippen LogP) is 9.70. The first kappa shape index (κ1) is 28.7. The second-order valence-electron chi connectivity index (χ2n) is 4.73. The van der Waals surface area contributed by atoms with Crippen LogP contribution in [0, 0.1) is 0 Å². The Hall–Kier alpha value is 0.688. The van der Waals surface area contributed by atoms with Gasteiger partial charge in [-0.25, -0.2) is 17.6 Å². The van der Waals surface area contributed by atoms with Crippen molar-refractivity contribution in [2.45, 2.75) is 20.3 Å². The van der Waals surface area contributed by atoms with E-state index in [0.717, 1.165) is 24.3 Å². The van der Waals surface area contributed by atoms with Gasteiger partial charge < -0.3 is 0 Å². The van der Waals surface area contributed by atoms with E-state index in [2.05, 4.69) is 88.0 Å². The number of alkyl halides is 8. The molecule has 2 aromatic carbocycles. The van der Waals surface area contributed by atoms with Crippen LogP contribution in [0.5, 0.6) is 0 Å². The SMILES string of the molecule is BrC(Br)c1ccc(C(Br)Br)cc1.FC(F)c1ccc(C(F)F)cc1.[F][Sb]([F])[F]. The summed E-state index contributed by atoms with van der Waals surface area (Å²) in [5.74, 6) is 0. The van der Waals surface area contributed by atoms with Gasteiger partial charge in [-0.15, -0.1) is 0 Å². The van der Waals surface area contributed by atoms with Gasteiger partial charge in [-0.3, -0.25) is 0 Å². The molecule has 0 heterocycles. The molecule has 0 N–H and O–H groups in total. The molecule has 2 aromatic rings. The number of rotatable bonds is 4. The van der Waals surface area contributed by atoms with Gasteiger partial charge in [-0.2, -0.15) is 0 Å². The van der Waals surface area contributed by atoms with Crippen LogP contribution in [0.3, 0.4) is 0 Å². The van der Waals surface area contributed by atoms with Gasteiger partial charge in [-0.05, 0) is 11.1 Å². The van der Waals surface area contributed by atoms with Crippen molar-refractivity contribution >= 4 is 85.7 Å². The molecule has 0 atom stereocenters. The molecule has 0 aliphatic heterocycles. The van der Waals surface area contributed by atoms with Gasteiger partial charge in [0.15, 0.2) is 0 Å². The Morgan fingerprint density at radius 1 is 0.500 bits per heavy atom. The van der Waals surface area contributed by atoms with E-state index in [9.17, 15) is 26.0 Å². The van der Waals surface area contributed by atoms with Crippen molar-refractivity contribution in [1.82, 2.24) is 0 Å². The van der Waals surface area contributed by atoms with Crippen LogP contribution < -0.4 is 0 Å². The Labute approximate surface area is 201 Å². The average Bonchev–Trinajstić information content (AvgIpc) is 2.61. The van der Waals surface area contributed by atoms with E-state index in [1.54, 1.807) is 0 Å². The molecule has 0 aliphatic carbocycles. The summed E-state index contributed by atoms with van der Waals surface area (Å²) in [5.41, 5.74) is 1.97. The standard InChI is InChI=1S/C8H6Br4.C8H6F4.3FH.Sb/c2*9-7(10)5-1-2-6(4-3-5)8(11)12;;;;/h2*1-4,7-8H;3*1H;/q;;;;;+3/p-3. The Balaban J connectivity index is 0.000000439. The quantitative estimate of drug-likeness (QED) is 0.165. The second-order valence-corrected chi connectivity index (χ2v) is 11.9. The van der Waals surface area contributed by atoms with Gasteiger partial charge in [0.1, 0.15) is 0 Å². The minimum atomic E-state index is -4.95. The zero-order valence-electron chi connectivity index (χ0n) is 13.5. The monoisotopic (exact) mass is 774 g/mol. The summed E-state index contributed by atoms with van der Waals surface area (Å²) >= 11 is 8.80. The second kappa shape index (κ2) is 15.5. The molecule has 0 radical (unpaired) electrons. The molecule has 158 valence electrons. The van der Waals surface area contributed by atoms with Crippen LogP contribution in [0.15, 0.2) is 48.5 Å².